The molecule has 0 aromatic heterocycles. The lowest BCUT2D eigenvalue weighted by atomic mass is 10.1. The van der Waals surface area contributed by atoms with Gasteiger partial charge in [-0.05, 0) is 53.8 Å². The van der Waals surface area contributed by atoms with E-state index in [9.17, 15) is 10.1 Å². The van der Waals surface area contributed by atoms with Crippen LogP contribution in [0.2, 0.25) is 5.02 Å². The van der Waals surface area contributed by atoms with Gasteiger partial charge in [0.25, 0.3) is 0 Å². The van der Waals surface area contributed by atoms with Crippen LogP contribution >= 0.6 is 11.6 Å². The number of aryl methyl sites for hydroxylation is 1. The van der Waals surface area contributed by atoms with E-state index in [1.165, 1.54) is 0 Å². The third-order valence-electron chi connectivity index (χ3n) is 3.83. The van der Waals surface area contributed by atoms with Crippen LogP contribution in [0.4, 0.5) is 5.69 Å². The van der Waals surface area contributed by atoms with Gasteiger partial charge in [-0.3, -0.25) is 10.1 Å². The molecule has 124 valence electrons. The van der Waals surface area contributed by atoms with Gasteiger partial charge in [0.15, 0.2) is 0 Å². The molecule has 2 aromatic carbocycles. The van der Waals surface area contributed by atoms with Gasteiger partial charge < -0.3 is 9.64 Å². The van der Waals surface area contributed by atoms with Crippen molar-refractivity contribution < 1.29 is 9.66 Å². The number of hydrogen-bond donors (Lipinski definition) is 0. The van der Waals surface area contributed by atoms with E-state index in [2.05, 4.69) is 0 Å². The van der Waals surface area contributed by atoms with Crippen LogP contribution < -0.4 is 4.74 Å². The number of benzene rings is 2. The summed E-state index contributed by atoms with van der Waals surface area (Å²) in [7, 11) is 3.92. The first-order chi connectivity index (χ1) is 11.4. The molecule has 6 heteroatoms. The van der Waals surface area contributed by atoms with Gasteiger partial charge in [0.1, 0.15) is 5.75 Å². The summed E-state index contributed by atoms with van der Waals surface area (Å²) in [4.78, 5) is 13.0. The highest BCUT2D eigenvalue weighted by atomic mass is 35.5. The summed E-state index contributed by atoms with van der Waals surface area (Å²) in [6.07, 6.45) is 3.71. The van der Waals surface area contributed by atoms with Gasteiger partial charge >= 0.3 is 5.69 Å². The molecule has 0 saturated heterocycles. The molecule has 0 N–H and O–H groups in total. The summed E-state index contributed by atoms with van der Waals surface area (Å²) in [6.45, 7) is 0. The molecular weight excluding hydrogens is 328 g/mol. The molecular formula is C18H17ClN2O3. The monoisotopic (exact) mass is 344 g/mol. The minimum absolute atomic E-state index is 0.0279. The van der Waals surface area contributed by atoms with Crippen molar-refractivity contribution in [2.75, 3.05) is 14.1 Å². The van der Waals surface area contributed by atoms with Crippen molar-refractivity contribution in [1.82, 2.24) is 4.90 Å². The maximum Gasteiger partial charge on any atom is 0.311 e. The van der Waals surface area contributed by atoms with Crippen molar-refractivity contribution in [3.8, 4) is 11.5 Å². The summed E-state index contributed by atoms with van der Waals surface area (Å²) in [5.41, 5.74) is 3.11. The first-order valence-corrected chi connectivity index (χ1v) is 7.94. The summed E-state index contributed by atoms with van der Waals surface area (Å²) in [6, 6.07) is 10.2. The molecule has 5 nitrogen and oxygen atoms in total. The van der Waals surface area contributed by atoms with Crippen LogP contribution in [-0.4, -0.2) is 23.9 Å². The molecule has 2 aromatic rings. The van der Waals surface area contributed by atoms with Gasteiger partial charge in [0.05, 0.1) is 4.92 Å². The maximum absolute atomic E-state index is 11.4. The fraction of sp³-hybridized carbons (Fsp3) is 0.222. The number of hydrogen-bond acceptors (Lipinski definition) is 4. The highest BCUT2D eigenvalue weighted by Crippen LogP contribution is 2.41. The van der Waals surface area contributed by atoms with Gasteiger partial charge in [0, 0.05) is 31.4 Å². The number of ether oxygens (including phenoxy) is 1. The Hall–Kier alpha value is -2.53. The molecule has 24 heavy (non-hydrogen) atoms. The molecule has 0 bridgehead atoms. The summed E-state index contributed by atoms with van der Waals surface area (Å²) >= 11 is 5.96. The van der Waals surface area contributed by atoms with Crippen LogP contribution in [0.15, 0.2) is 42.6 Å². The first kappa shape index (κ1) is 16.3. The lowest BCUT2D eigenvalue weighted by Gasteiger charge is -2.11. The van der Waals surface area contributed by atoms with Crippen LogP contribution in [-0.2, 0) is 6.42 Å². The Morgan fingerprint density at radius 1 is 1.25 bits per heavy atom. The lowest BCUT2D eigenvalue weighted by Crippen LogP contribution is -2.02. The molecule has 1 aliphatic carbocycles. The second kappa shape index (κ2) is 6.53. The number of halogens is 1. The standard InChI is InChI=1S/C18H17ClN2O3/c1-20(2)11-13-7-6-12-8-17(21(22)23)18(10-16(12)13)24-15-5-3-4-14(19)9-15/h3-5,8-11H,6-7H2,1-2H3. The van der Waals surface area contributed by atoms with Crippen LogP contribution in [0, 0.1) is 10.1 Å². The van der Waals surface area contributed by atoms with Crippen molar-refractivity contribution in [3.63, 3.8) is 0 Å². The van der Waals surface area contributed by atoms with Crippen molar-refractivity contribution in [1.29, 1.82) is 0 Å². The summed E-state index contributed by atoms with van der Waals surface area (Å²) in [5, 5.41) is 11.9. The first-order valence-electron chi connectivity index (χ1n) is 7.56. The zero-order valence-corrected chi connectivity index (χ0v) is 14.2. The molecule has 3 rings (SSSR count). The normalized spacial score (nSPS) is 14.5. The fourth-order valence-corrected chi connectivity index (χ4v) is 3.03. The van der Waals surface area contributed by atoms with Crippen LogP contribution in [0.3, 0.4) is 0 Å². The van der Waals surface area contributed by atoms with E-state index in [1.807, 2.05) is 25.2 Å². The van der Waals surface area contributed by atoms with E-state index in [0.717, 1.165) is 29.5 Å². The predicted octanol–water partition coefficient (Wildman–Crippen LogP) is 4.89. The van der Waals surface area contributed by atoms with Crippen LogP contribution in [0.25, 0.3) is 5.57 Å². The van der Waals surface area contributed by atoms with Crippen LogP contribution in [0.1, 0.15) is 17.5 Å². The minimum Gasteiger partial charge on any atom is -0.450 e. The Balaban J connectivity index is 2.06. The van der Waals surface area contributed by atoms with Gasteiger partial charge in [0.2, 0.25) is 5.75 Å². The molecule has 1 aliphatic rings. The molecule has 0 saturated carbocycles. The molecule has 0 unspecified atom stereocenters. The Morgan fingerprint density at radius 2 is 2.04 bits per heavy atom. The molecule has 0 atom stereocenters. The average molecular weight is 345 g/mol. The SMILES string of the molecule is CN(C)C=C1CCc2cc([N+](=O)[O-])c(Oc3cccc(Cl)c3)cc21. The second-order valence-electron chi connectivity index (χ2n) is 5.91. The van der Waals surface area contributed by atoms with Gasteiger partial charge in [-0.2, -0.15) is 0 Å². The van der Waals surface area contributed by atoms with E-state index in [1.54, 1.807) is 36.4 Å². The largest absolute Gasteiger partial charge is 0.450 e. The molecule has 0 spiro atoms. The fourth-order valence-electron chi connectivity index (χ4n) is 2.85. The third kappa shape index (κ3) is 3.36. The topological polar surface area (TPSA) is 55.6 Å². The molecule has 0 radical (unpaired) electrons. The number of fused-ring (bicyclic) bond motifs is 1. The lowest BCUT2D eigenvalue weighted by molar-refractivity contribution is -0.385. The van der Waals surface area contributed by atoms with Crippen molar-refractivity contribution in [2.24, 2.45) is 0 Å². The smallest absolute Gasteiger partial charge is 0.311 e. The zero-order chi connectivity index (χ0) is 17.3. The second-order valence-corrected chi connectivity index (χ2v) is 6.35. The summed E-state index contributed by atoms with van der Waals surface area (Å²) in [5.74, 6) is 0.703. The third-order valence-corrected chi connectivity index (χ3v) is 4.06. The van der Waals surface area contributed by atoms with Crippen molar-refractivity contribution >= 4 is 22.9 Å². The number of nitro benzene ring substituents is 1. The molecule has 0 aliphatic heterocycles. The van der Waals surface area contributed by atoms with Crippen molar-refractivity contribution in [3.05, 3.63) is 68.9 Å². The molecule has 0 fully saturated rings. The maximum atomic E-state index is 11.4. The Labute approximate surface area is 145 Å². The van der Waals surface area contributed by atoms with E-state index in [-0.39, 0.29) is 11.4 Å². The quantitative estimate of drug-likeness (QED) is 0.585. The number of rotatable bonds is 4. The Morgan fingerprint density at radius 3 is 2.71 bits per heavy atom. The van der Waals surface area contributed by atoms with Crippen molar-refractivity contribution in [2.45, 2.75) is 12.8 Å². The van der Waals surface area contributed by atoms with Gasteiger partial charge in [-0.1, -0.05) is 17.7 Å². The van der Waals surface area contributed by atoms with E-state index in [0.29, 0.717) is 10.8 Å². The number of nitro groups is 1. The predicted molar refractivity (Wildman–Crippen MR) is 94.6 cm³/mol. The van der Waals surface area contributed by atoms with E-state index in [4.69, 9.17) is 16.3 Å². The highest BCUT2D eigenvalue weighted by molar-refractivity contribution is 6.30. The number of nitrogens with zero attached hydrogens (tertiary/aromatic N) is 2. The van der Waals surface area contributed by atoms with E-state index < -0.39 is 4.92 Å². The Bertz CT molecular complexity index is 831. The van der Waals surface area contributed by atoms with Crippen LogP contribution in [0.5, 0.6) is 11.5 Å². The minimum atomic E-state index is -0.409. The molecule has 0 amide bonds. The summed E-state index contributed by atoms with van der Waals surface area (Å²) < 4.78 is 5.76. The Kier molecular flexibility index (Phi) is 4.44. The molecule has 0 heterocycles. The van der Waals surface area contributed by atoms with Gasteiger partial charge in [-0.25, -0.2) is 0 Å². The zero-order valence-electron chi connectivity index (χ0n) is 13.5. The van der Waals surface area contributed by atoms with Gasteiger partial charge in [-0.15, -0.1) is 0 Å². The van der Waals surface area contributed by atoms with E-state index >= 15 is 0 Å². The number of allylic oxidation sites excluding steroid dienone is 1. The highest BCUT2D eigenvalue weighted by Gasteiger charge is 2.25. The average Bonchev–Trinajstić information content (AvgIpc) is 2.88.